The number of carbonyl (C=O) groups excluding carboxylic acids is 1. The van der Waals surface area contributed by atoms with Crippen LogP contribution >= 0.6 is 12.8 Å². The molecule has 0 saturated carbocycles. The number of hydrogen-bond acceptors (Lipinski definition) is 6. The number of carbonyl (C=O) groups is 1. The molecular weight excluding hydrogens is 484 g/mol. The first-order valence-corrected chi connectivity index (χ1v) is 13.8. The summed E-state index contributed by atoms with van der Waals surface area (Å²) in [5.41, 5.74) is 3.76. The van der Waals surface area contributed by atoms with E-state index in [9.17, 15) is 9.59 Å². The van der Waals surface area contributed by atoms with Crippen molar-refractivity contribution in [1.82, 2.24) is 19.2 Å². The molecule has 1 N–H and O–H groups in total. The highest BCUT2D eigenvalue weighted by atomic mass is 32.1. The number of fused-ring (bicyclic) bond motifs is 5. The van der Waals surface area contributed by atoms with Crippen molar-refractivity contribution in [2.75, 3.05) is 26.2 Å². The van der Waals surface area contributed by atoms with Crippen molar-refractivity contribution < 1.29 is 9.53 Å². The van der Waals surface area contributed by atoms with Crippen LogP contribution in [-0.4, -0.2) is 57.4 Å². The number of nitrogens with zero attached hydrogens (tertiary/aromatic N) is 3. The van der Waals surface area contributed by atoms with Crippen LogP contribution in [0.5, 0.6) is 0 Å². The standard InChI is InChI=1S/C29H36N4O3S/c1-19-9-11-32(12-10-19)18-21-14-24-17-26-25(15-21)31-28(34)27(30-26)22-7-5-8-23(16-22)29(35)33(37)20(2)6-3-4-13-36-24/h5,7-8,14-16,19-20,37H,3-4,6,9-13,17-18H2,1-2H3,(H,31,34). The number of piperidine rings is 1. The summed E-state index contributed by atoms with van der Waals surface area (Å²) in [6.45, 7) is 7.90. The Morgan fingerprint density at radius 2 is 1.86 bits per heavy atom. The van der Waals surface area contributed by atoms with Crippen molar-refractivity contribution in [2.45, 2.75) is 58.4 Å². The number of ether oxygens (including phenoxy) is 1. The normalized spacial score (nSPS) is 21.8. The van der Waals surface area contributed by atoms with E-state index in [4.69, 9.17) is 9.72 Å². The summed E-state index contributed by atoms with van der Waals surface area (Å²) >= 11 is 4.49. The third kappa shape index (κ3) is 6.02. The van der Waals surface area contributed by atoms with E-state index < -0.39 is 0 Å². The molecule has 1 amide bonds. The molecule has 1 aliphatic carbocycles. The average molecular weight is 521 g/mol. The smallest absolute Gasteiger partial charge is 0.274 e. The quantitative estimate of drug-likeness (QED) is 0.553. The van der Waals surface area contributed by atoms with Gasteiger partial charge in [0, 0.05) is 30.1 Å². The molecule has 37 heavy (non-hydrogen) atoms. The highest BCUT2D eigenvalue weighted by Gasteiger charge is 2.23. The Morgan fingerprint density at radius 1 is 1.08 bits per heavy atom. The van der Waals surface area contributed by atoms with E-state index in [1.165, 1.54) is 17.1 Å². The van der Waals surface area contributed by atoms with Gasteiger partial charge in [0.05, 0.1) is 18.0 Å². The van der Waals surface area contributed by atoms with Crippen molar-refractivity contribution in [3.63, 3.8) is 0 Å². The predicted molar refractivity (Wildman–Crippen MR) is 149 cm³/mol. The zero-order chi connectivity index (χ0) is 25.9. The second kappa shape index (κ2) is 11.3. The molecule has 1 saturated heterocycles. The average Bonchev–Trinajstić information content (AvgIpc) is 3.06. The Bertz CT molecular complexity index is 1280. The van der Waals surface area contributed by atoms with Gasteiger partial charge in [-0.1, -0.05) is 31.9 Å². The van der Waals surface area contributed by atoms with Gasteiger partial charge < -0.3 is 9.72 Å². The molecule has 1 unspecified atom stereocenters. The fraction of sp³-hybridized carbons (Fsp3) is 0.483. The maximum Gasteiger partial charge on any atom is 0.274 e. The summed E-state index contributed by atoms with van der Waals surface area (Å²) in [7, 11) is 0. The molecule has 3 heterocycles. The van der Waals surface area contributed by atoms with Gasteiger partial charge in [-0.2, -0.15) is 0 Å². The maximum absolute atomic E-state index is 13.2. The molecule has 5 bridgehead atoms. The van der Waals surface area contributed by atoms with Gasteiger partial charge >= 0.3 is 0 Å². The lowest BCUT2D eigenvalue weighted by molar-refractivity contribution is 0.0838. The number of benzene rings is 1. The van der Waals surface area contributed by atoms with Crippen LogP contribution < -0.4 is 5.56 Å². The Labute approximate surface area is 224 Å². The van der Waals surface area contributed by atoms with E-state index in [0.29, 0.717) is 29.8 Å². The molecule has 2 aromatic rings. The van der Waals surface area contributed by atoms with Crippen LogP contribution in [0.15, 0.2) is 46.5 Å². The number of rotatable bonds is 2. The first-order valence-electron chi connectivity index (χ1n) is 13.4. The van der Waals surface area contributed by atoms with Crippen molar-refractivity contribution >= 4 is 24.8 Å². The van der Waals surface area contributed by atoms with Crippen LogP contribution in [0.25, 0.3) is 17.3 Å². The second-order valence-corrected chi connectivity index (χ2v) is 11.1. The molecule has 1 fully saturated rings. The summed E-state index contributed by atoms with van der Waals surface area (Å²) < 4.78 is 7.76. The number of nitrogens with one attached hydrogen (secondary N) is 1. The van der Waals surface area contributed by atoms with Gasteiger partial charge in [-0.15, -0.1) is 0 Å². The molecule has 3 aliphatic rings. The molecular formula is C29H36N4O3S. The van der Waals surface area contributed by atoms with Crippen molar-refractivity contribution in [3.8, 4) is 11.3 Å². The summed E-state index contributed by atoms with van der Waals surface area (Å²) in [5, 5.41) is 0. The van der Waals surface area contributed by atoms with E-state index >= 15 is 0 Å². The fourth-order valence-corrected chi connectivity index (χ4v) is 5.49. The first-order chi connectivity index (χ1) is 17.9. The van der Waals surface area contributed by atoms with Gasteiger partial charge in [-0.3, -0.25) is 18.8 Å². The number of thiol groups is 1. The molecule has 1 aromatic heterocycles. The lowest BCUT2D eigenvalue weighted by Crippen LogP contribution is -2.34. The monoisotopic (exact) mass is 520 g/mol. The van der Waals surface area contributed by atoms with Crippen LogP contribution in [0.2, 0.25) is 0 Å². The van der Waals surface area contributed by atoms with Crippen LogP contribution in [-0.2, 0) is 11.2 Å². The van der Waals surface area contributed by atoms with E-state index in [1.54, 1.807) is 18.2 Å². The number of allylic oxidation sites excluding steroid dienone is 1. The van der Waals surface area contributed by atoms with Crippen LogP contribution in [0.3, 0.4) is 0 Å². The number of H-pyrrole nitrogens is 1. The van der Waals surface area contributed by atoms with Gasteiger partial charge in [0.1, 0.15) is 11.5 Å². The molecule has 1 aromatic carbocycles. The van der Waals surface area contributed by atoms with Crippen molar-refractivity contribution in [1.29, 1.82) is 0 Å². The van der Waals surface area contributed by atoms with Crippen LogP contribution in [0, 0.1) is 5.92 Å². The van der Waals surface area contributed by atoms with Crippen molar-refractivity contribution in [2.24, 2.45) is 5.92 Å². The Morgan fingerprint density at radius 3 is 2.68 bits per heavy atom. The second-order valence-electron chi connectivity index (χ2n) is 10.7. The van der Waals surface area contributed by atoms with Crippen LogP contribution in [0.4, 0.5) is 0 Å². The molecule has 5 rings (SSSR count). The van der Waals surface area contributed by atoms with E-state index in [2.05, 4.69) is 41.8 Å². The van der Waals surface area contributed by atoms with Gasteiger partial charge in [0.25, 0.3) is 11.5 Å². The van der Waals surface area contributed by atoms with E-state index in [-0.39, 0.29) is 17.5 Å². The molecule has 8 heteroatoms. The Kier molecular flexibility index (Phi) is 7.86. The first kappa shape index (κ1) is 25.8. The van der Waals surface area contributed by atoms with Crippen LogP contribution in [0.1, 0.15) is 67.7 Å². The number of hydrogen-bond donors (Lipinski definition) is 2. The largest absolute Gasteiger partial charge is 0.498 e. The predicted octanol–water partition coefficient (Wildman–Crippen LogP) is 4.87. The highest BCUT2D eigenvalue weighted by Crippen LogP contribution is 2.26. The van der Waals surface area contributed by atoms with Gasteiger partial charge in [0.15, 0.2) is 0 Å². The highest BCUT2D eigenvalue weighted by molar-refractivity contribution is 7.78. The Balaban J connectivity index is 1.54. The third-order valence-corrected chi connectivity index (χ3v) is 8.21. The summed E-state index contributed by atoms with van der Waals surface area (Å²) in [4.78, 5) is 36.7. The minimum atomic E-state index is -0.271. The number of amides is 1. The van der Waals surface area contributed by atoms with Gasteiger partial charge in [0.2, 0.25) is 0 Å². The number of aromatic amines is 1. The zero-order valence-corrected chi connectivity index (χ0v) is 22.6. The molecule has 0 radical (unpaired) electrons. The summed E-state index contributed by atoms with van der Waals surface area (Å²) in [6.07, 6.45) is 9.77. The number of likely N-dealkylation sites (tertiary alicyclic amines) is 1. The van der Waals surface area contributed by atoms with Gasteiger partial charge in [-0.25, -0.2) is 4.98 Å². The van der Waals surface area contributed by atoms with E-state index in [1.807, 2.05) is 13.0 Å². The molecule has 7 nitrogen and oxygen atoms in total. The zero-order valence-electron chi connectivity index (χ0n) is 21.7. The number of aromatic nitrogens is 2. The molecule has 196 valence electrons. The summed E-state index contributed by atoms with van der Waals surface area (Å²) in [6, 6.07) is 7.07. The Hall–Kier alpha value is -2.84. The summed E-state index contributed by atoms with van der Waals surface area (Å²) in [5.74, 6) is 1.47. The third-order valence-electron chi connectivity index (χ3n) is 7.63. The molecule has 1 atom stereocenters. The minimum Gasteiger partial charge on any atom is -0.498 e. The van der Waals surface area contributed by atoms with E-state index in [0.717, 1.165) is 67.5 Å². The lowest BCUT2D eigenvalue weighted by Gasteiger charge is -2.30. The lowest BCUT2D eigenvalue weighted by atomic mass is 9.99. The van der Waals surface area contributed by atoms with Crippen molar-refractivity contribution in [3.05, 3.63) is 69.0 Å². The molecule has 2 aliphatic heterocycles. The fourth-order valence-electron chi connectivity index (χ4n) is 5.26. The maximum atomic E-state index is 13.2. The van der Waals surface area contributed by atoms with Gasteiger partial charge in [-0.05, 0) is 87.9 Å². The minimum absolute atomic E-state index is 0.0290. The SMILES string of the molecule is CC1CCN(CC2=Cc3[nH]c(=O)c4nc3CC(=C2)OCCCCC(C)N(S)C(=O)c2cccc-4c2)CC1. The topological polar surface area (TPSA) is 78.5 Å². The molecule has 0 spiro atoms.